The molecule has 0 radical (unpaired) electrons. The van der Waals surface area contributed by atoms with E-state index in [9.17, 15) is 9.18 Å². The van der Waals surface area contributed by atoms with Crippen LogP contribution in [0.1, 0.15) is 10.4 Å². The van der Waals surface area contributed by atoms with Gasteiger partial charge < -0.3 is 0 Å². The molecule has 0 N–H and O–H groups in total. The van der Waals surface area contributed by atoms with Gasteiger partial charge in [0.25, 0.3) is 0 Å². The first kappa shape index (κ1) is 12.3. The van der Waals surface area contributed by atoms with Crippen LogP contribution in [0.2, 0.25) is 5.15 Å². The van der Waals surface area contributed by atoms with Crippen molar-refractivity contribution in [2.45, 2.75) is 0 Å². The maximum atomic E-state index is 13.0. The molecule has 1 aromatic heterocycles. The van der Waals surface area contributed by atoms with Gasteiger partial charge in [-0.1, -0.05) is 11.6 Å². The molecule has 0 atom stereocenters. The number of rotatable bonds is 2. The molecule has 0 bridgehead atoms. The van der Waals surface area contributed by atoms with Crippen molar-refractivity contribution in [2.24, 2.45) is 7.05 Å². The maximum Gasteiger partial charge on any atom is 0.155 e. The van der Waals surface area contributed by atoms with Crippen molar-refractivity contribution in [2.75, 3.05) is 0 Å². The molecular formula is C11H7BrClFN2O. The van der Waals surface area contributed by atoms with Gasteiger partial charge in [0.15, 0.2) is 6.29 Å². The van der Waals surface area contributed by atoms with Gasteiger partial charge in [-0.15, -0.1) is 0 Å². The lowest BCUT2D eigenvalue weighted by atomic mass is 10.1. The topological polar surface area (TPSA) is 34.9 Å². The van der Waals surface area contributed by atoms with Gasteiger partial charge in [0, 0.05) is 17.1 Å². The highest BCUT2D eigenvalue weighted by molar-refractivity contribution is 9.10. The van der Waals surface area contributed by atoms with Crippen LogP contribution in [0, 0.1) is 5.82 Å². The summed E-state index contributed by atoms with van der Waals surface area (Å²) < 4.78 is 14.9. The molecule has 17 heavy (non-hydrogen) atoms. The Labute approximate surface area is 110 Å². The first-order valence-electron chi connectivity index (χ1n) is 4.67. The lowest BCUT2D eigenvalue weighted by molar-refractivity contribution is 0.112. The van der Waals surface area contributed by atoms with Crippen molar-refractivity contribution in [3.8, 4) is 11.3 Å². The summed E-state index contributed by atoms with van der Waals surface area (Å²) in [6, 6.07) is 4.16. The van der Waals surface area contributed by atoms with E-state index in [1.807, 2.05) is 0 Å². The predicted molar refractivity (Wildman–Crippen MR) is 66.7 cm³/mol. The number of hydrogen-bond donors (Lipinski definition) is 0. The second-order valence-electron chi connectivity index (χ2n) is 3.42. The predicted octanol–water partition coefficient (Wildman–Crippen LogP) is 3.45. The zero-order valence-corrected chi connectivity index (χ0v) is 11.1. The molecule has 0 spiro atoms. The van der Waals surface area contributed by atoms with Crippen molar-refractivity contribution in [1.29, 1.82) is 0 Å². The molecular weight excluding hydrogens is 310 g/mol. The highest BCUT2D eigenvalue weighted by Crippen LogP contribution is 2.32. The zero-order chi connectivity index (χ0) is 12.6. The first-order valence-corrected chi connectivity index (χ1v) is 5.84. The van der Waals surface area contributed by atoms with E-state index in [1.54, 1.807) is 13.1 Å². The molecule has 0 amide bonds. The number of nitrogens with zero attached hydrogens (tertiary/aromatic N) is 2. The summed E-state index contributed by atoms with van der Waals surface area (Å²) in [5.41, 5.74) is 1.34. The Morgan fingerprint density at radius 3 is 2.82 bits per heavy atom. The van der Waals surface area contributed by atoms with E-state index in [0.29, 0.717) is 27.6 Å². The Balaban J connectivity index is 2.68. The third-order valence-corrected chi connectivity index (χ3v) is 3.42. The third-order valence-electron chi connectivity index (χ3n) is 2.32. The molecule has 2 rings (SSSR count). The van der Waals surface area contributed by atoms with E-state index < -0.39 is 0 Å². The van der Waals surface area contributed by atoms with Crippen LogP contribution in [-0.2, 0) is 7.05 Å². The van der Waals surface area contributed by atoms with Crippen LogP contribution in [0.3, 0.4) is 0 Å². The van der Waals surface area contributed by atoms with Crippen molar-refractivity contribution in [1.82, 2.24) is 9.78 Å². The van der Waals surface area contributed by atoms with E-state index in [2.05, 4.69) is 21.0 Å². The lowest BCUT2D eigenvalue weighted by Gasteiger charge is -2.01. The molecule has 88 valence electrons. The monoisotopic (exact) mass is 316 g/mol. The van der Waals surface area contributed by atoms with Gasteiger partial charge in [0.05, 0.1) is 5.56 Å². The summed E-state index contributed by atoms with van der Waals surface area (Å²) in [7, 11) is 1.64. The third kappa shape index (κ3) is 2.12. The number of aldehydes is 1. The lowest BCUT2D eigenvalue weighted by Crippen LogP contribution is -1.90. The van der Waals surface area contributed by atoms with Gasteiger partial charge >= 0.3 is 0 Å². The standard InChI is InChI=1S/C11H7BrClFN2O/c1-16-11(13)8(5-17)10(15-16)7-3-2-6(14)4-9(7)12/h2-5H,1H3. The zero-order valence-electron chi connectivity index (χ0n) is 8.75. The Bertz CT molecular complexity index is 597. The minimum Gasteiger partial charge on any atom is -0.298 e. The molecule has 3 nitrogen and oxygen atoms in total. The molecule has 0 aliphatic carbocycles. The Morgan fingerprint density at radius 1 is 1.53 bits per heavy atom. The van der Waals surface area contributed by atoms with Gasteiger partial charge in [0.1, 0.15) is 16.7 Å². The molecule has 0 unspecified atom stereocenters. The van der Waals surface area contributed by atoms with Crippen LogP contribution in [0.25, 0.3) is 11.3 Å². The molecule has 1 aromatic carbocycles. The normalized spacial score (nSPS) is 10.6. The summed E-state index contributed by atoms with van der Waals surface area (Å²) >= 11 is 9.16. The van der Waals surface area contributed by atoms with E-state index in [0.717, 1.165) is 0 Å². The number of carbonyl (C=O) groups is 1. The Kier molecular flexibility index (Phi) is 3.31. The summed E-state index contributed by atoms with van der Waals surface area (Å²) in [5.74, 6) is -0.365. The first-order chi connectivity index (χ1) is 8.04. The van der Waals surface area contributed by atoms with E-state index in [4.69, 9.17) is 11.6 Å². The van der Waals surface area contributed by atoms with Gasteiger partial charge in [-0.2, -0.15) is 5.10 Å². The van der Waals surface area contributed by atoms with Crippen molar-refractivity contribution in [3.63, 3.8) is 0 Å². The number of carbonyl (C=O) groups excluding carboxylic acids is 1. The minimum atomic E-state index is -0.365. The molecule has 2 aromatic rings. The van der Waals surface area contributed by atoms with E-state index in [-0.39, 0.29) is 11.0 Å². The average Bonchev–Trinajstić information content (AvgIpc) is 2.55. The van der Waals surface area contributed by atoms with Crippen molar-refractivity contribution in [3.05, 3.63) is 39.2 Å². The van der Waals surface area contributed by atoms with Crippen LogP contribution in [-0.4, -0.2) is 16.1 Å². The fourth-order valence-corrected chi connectivity index (χ4v) is 2.22. The van der Waals surface area contributed by atoms with Gasteiger partial charge in [-0.05, 0) is 34.1 Å². The van der Waals surface area contributed by atoms with Crippen molar-refractivity contribution >= 4 is 33.8 Å². The fraction of sp³-hybridized carbons (Fsp3) is 0.0909. The highest BCUT2D eigenvalue weighted by atomic mass is 79.9. The van der Waals surface area contributed by atoms with Crippen LogP contribution < -0.4 is 0 Å². The molecule has 0 saturated carbocycles. The van der Waals surface area contributed by atoms with Crippen LogP contribution in [0.4, 0.5) is 4.39 Å². The van der Waals surface area contributed by atoms with E-state index >= 15 is 0 Å². The molecule has 0 saturated heterocycles. The summed E-state index contributed by atoms with van der Waals surface area (Å²) in [6.07, 6.45) is 0.639. The summed E-state index contributed by atoms with van der Waals surface area (Å²) in [4.78, 5) is 11.0. The van der Waals surface area contributed by atoms with E-state index in [1.165, 1.54) is 16.8 Å². The smallest absolute Gasteiger partial charge is 0.155 e. The number of halogens is 3. The van der Waals surface area contributed by atoms with Crippen LogP contribution in [0.15, 0.2) is 22.7 Å². The largest absolute Gasteiger partial charge is 0.298 e. The molecule has 0 aliphatic rings. The quantitative estimate of drug-likeness (QED) is 0.795. The van der Waals surface area contributed by atoms with Crippen LogP contribution in [0.5, 0.6) is 0 Å². The maximum absolute atomic E-state index is 13.0. The SMILES string of the molecule is Cn1nc(-c2ccc(F)cc2Br)c(C=O)c1Cl. The molecule has 0 fully saturated rings. The number of hydrogen-bond acceptors (Lipinski definition) is 2. The number of aromatic nitrogens is 2. The van der Waals surface area contributed by atoms with Gasteiger partial charge in [-0.25, -0.2) is 4.39 Å². The molecule has 6 heteroatoms. The fourth-order valence-electron chi connectivity index (χ4n) is 1.50. The summed E-state index contributed by atoms with van der Waals surface area (Å²) in [5, 5.41) is 4.40. The molecule has 0 aliphatic heterocycles. The van der Waals surface area contributed by atoms with Crippen molar-refractivity contribution < 1.29 is 9.18 Å². The van der Waals surface area contributed by atoms with Gasteiger partial charge in [0.2, 0.25) is 0 Å². The second-order valence-corrected chi connectivity index (χ2v) is 4.63. The highest BCUT2D eigenvalue weighted by Gasteiger charge is 2.17. The minimum absolute atomic E-state index is 0.256. The summed E-state index contributed by atoms with van der Waals surface area (Å²) in [6.45, 7) is 0. The average molecular weight is 318 g/mol. The van der Waals surface area contributed by atoms with Gasteiger partial charge in [-0.3, -0.25) is 9.48 Å². The second kappa shape index (κ2) is 4.58. The Morgan fingerprint density at radius 2 is 2.24 bits per heavy atom. The number of aryl methyl sites for hydroxylation is 1. The Hall–Kier alpha value is -1.20. The van der Waals surface area contributed by atoms with Crippen LogP contribution >= 0.6 is 27.5 Å². The molecule has 1 heterocycles. The number of benzene rings is 1.